The molecule has 3 heterocycles. The number of aromatic nitrogens is 3. The van der Waals surface area contributed by atoms with Crippen molar-refractivity contribution in [2.45, 2.75) is 20.8 Å². The van der Waals surface area contributed by atoms with Gasteiger partial charge in [0.15, 0.2) is 0 Å². The summed E-state index contributed by atoms with van der Waals surface area (Å²) in [6.07, 6.45) is 0. The first-order valence-electron chi connectivity index (χ1n) is 6.53. The van der Waals surface area contributed by atoms with Gasteiger partial charge in [0.1, 0.15) is 5.82 Å². The first-order chi connectivity index (χ1) is 10.0. The fourth-order valence-corrected chi connectivity index (χ4v) is 2.19. The highest BCUT2D eigenvalue weighted by atomic mass is 16.5. The van der Waals surface area contributed by atoms with Crippen LogP contribution in [0.15, 0.2) is 28.8 Å². The fourth-order valence-electron chi connectivity index (χ4n) is 2.19. The average Bonchev–Trinajstić information content (AvgIpc) is 2.79. The maximum absolute atomic E-state index is 12.5. The van der Waals surface area contributed by atoms with Crippen LogP contribution in [0.25, 0.3) is 11.1 Å². The van der Waals surface area contributed by atoms with Crippen LogP contribution in [0.3, 0.4) is 0 Å². The highest BCUT2D eigenvalue weighted by Gasteiger charge is 2.18. The van der Waals surface area contributed by atoms with Gasteiger partial charge in [0.2, 0.25) is 0 Å². The van der Waals surface area contributed by atoms with Gasteiger partial charge in [-0.3, -0.25) is 4.79 Å². The number of pyridine rings is 2. The van der Waals surface area contributed by atoms with Crippen LogP contribution in [0.1, 0.15) is 27.4 Å². The maximum atomic E-state index is 12.5. The fraction of sp³-hybridized carbons (Fsp3) is 0.200. The molecular weight excluding hydrogens is 268 g/mol. The predicted molar refractivity (Wildman–Crippen MR) is 78.2 cm³/mol. The van der Waals surface area contributed by atoms with E-state index in [0.29, 0.717) is 33.9 Å². The van der Waals surface area contributed by atoms with E-state index < -0.39 is 0 Å². The van der Waals surface area contributed by atoms with Crippen molar-refractivity contribution in [2.24, 2.45) is 0 Å². The number of hydrogen-bond acceptors (Lipinski definition) is 5. The van der Waals surface area contributed by atoms with Gasteiger partial charge in [-0.15, -0.1) is 0 Å². The second kappa shape index (κ2) is 4.97. The molecule has 106 valence electrons. The Labute approximate surface area is 121 Å². The molecule has 3 aromatic rings. The molecule has 0 aliphatic heterocycles. The highest BCUT2D eigenvalue weighted by molar-refractivity contribution is 6.12. The average molecular weight is 282 g/mol. The van der Waals surface area contributed by atoms with Crippen molar-refractivity contribution in [3.8, 4) is 0 Å². The summed E-state index contributed by atoms with van der Waals surface area (Å²) in [7, 11) is 0. The van der Waals surface area contributed by atoms with E-state index in [2.05, 4.69) is 20.4 Å². The number of fused-ring (bicyclic) bond motifs is 1. The zero-order chi connectivity index (χ0) is 15.0. The standard InChI is InChI=1S/C15H14N4O2/c1-8-5-4-6-12(16-8)18-14(20)11-7-9(2)17-15-13(11)10(3)19-21-15/h4-7H,1-3H3,(H,16,18,20). The number of hydrogen-bond donors (Lipinski definition) is 1. The van der Waals surface area contributed by atoms with Crippen LogP contribution in [0.4, 0.5) is 5.82 Å². The van der Waals surface area contributed by atoms with Crippen molar-refractivity contribution in [2.75, 3.05) is 5.32 Å². The van der Waals surface area contributed by atoms with Crippen LogP contribution < -0.4 is 5.32 Å². The molecule has 0 saturated carbocycles. The number of carbonyl (C=O) groups is 1. The summed E-state index contributed by atoms with van der Waals surface area (Å²) >= 11 is 0. The molecule has 6 heteroatoms. The van der Waals surface area contributed by atoms with E-state index in [4.69, 9.17) is 4.52 Å². The molecule has 0 fully saturated rings. The van der Waals surface area contributed by atoms with Gasteiger partial charge in [-0.05, 0) is 39.0 Å². The molecule has 0 atom stereocenters. The Balaban J connectivity index is 2.03. The van der Waals surface area contributed by atoms with Crippen molar-refractivity contribution >= 4 is 22.8 Å². The molecule has 0 aliphatic carbocycles. The van der Waals surface area contributed by atoms with Crippen molar-refractivity contribution in [3.63, 3.8) is 0 Å². The Morgan fingerprint density at radius 3 is 2.71 bits per heavy atom. The summed E-state index contributed by atoms with van der Waals surface area (Å²) in [5.41, 5.74) is 3.03. The normalized spacial score (nSPS) is 10.8. The molecular formula is C15H14N4O2. The van der Waals surface area contributed by atoms with Crippen LogP contribution >= 0.6 is 0 Å². The predicted octanol–water partition coefficient (Wildman–Crippen LogP) is 2.80. The van der Waals surface area contributed by atoms with Crippen LogP contribution in [-0.4, -0.2) is 21.0 Å². The Hall–Kier alpha value is -2.76. The van der Waals surface area contributed by atoms with Crippen molar-refractivity contribution in [3.05, 3.63) is 46.9 Å². The lowest BCUT2D eigenvalue weighted by Gasteiger charge is -2.06. The van der Waals surface area contributed by atoms with Gasteiger partial charge in [-0.2, -0.15) is 0 Å². The number of aryl methyl sites for hydroxylation is 3. The third-order valence-electron chi connectivity index (χ3n) is 3.12. The van der Waals surface area contributed by atoms with Gasteiger partial charge in [0.05, 0.1) is 16.6 Å². The van der Waals surface area contributed by atoms with Crippen LogP contribution in [0.5, 0.6) is 0 Å². The maximum Gasteiger partial charge on any atom is 0.258 e. The lowest BCUT2D eigenvalue weighted by molar-refractivity contribution is 0.102. The largest absolute Gasteiger partial charge is 0.336 e. The Morgan fingerprint density at radius 1 is 1.14 bits per heavy atom. The third kappa shape index (κ3) is 2.47. The molecule has 0 aliphatic rings. The molecule has 21 heavy (non-hydrogen) atoms. The summed E-state index contributed by atoms with van der Waals surface area (Å²) in [5.74, 6) is 0.256. The first kappa shape index (κ1) is 13.2. The molecule has 0 spiro atoms. The lowest BCUT2D eigenvalue weighted by Crippen LogP contribution is -2.14. The monoisotopic (exact) mass is 282 g/mol. The van der Waals surface area contributed by atoms with Gasteiger partial charge < -0.3 is 9.84 Å². The number of amides is 1. The highest BCUT2D eigenvalue weighted by Crippen LogP contribution is 2.22. The smallest absolute Gasteiger partial charge is 0.258 e. The minimum atomic E-state index is -0.255. The van der Waals surface area contributed by atoms with Gasteiger partial charge >= 0.3 is 0 Å². The first-order valence-corrected chi connectivity index (χ1v) is 6.53. The number of nitrogens with one attached hydrogen (secondary N) is 1. The SMILES string of the molecule is Cc1cccc(NC(=O)c2cc(C)nc3onc(C)c23)n1. The minimum absolute atomic E-state index is 0.255. The quantitative estimate of drug-likeness (QED) is 0.781. The van der Waals surface area contributed by atoms with E-state index >= 15 is 0 Å². The second-order valence-electron chi connectivity index (χ2n) is 4.88. The zero-order valence-electron chi connectivity index (χ0n) is 12.0. The molecule has 0 bridgehead atoms. The second-order valence-corrected chi connectivity index (χ2v) is 4.88. The van der Waals surface area contributed by atoms with Crippen LogP contribution in [-0.2, 0) is 0 Å². The number of carbonyl (C=O) groups excluding carboxylic acids is 1. The Morgan fingerprint density at radius 2 is 1.95 bits per heavy atom. The van der Waals surface area contributed by atoms with Crippen molar-refractivity contribution in [1.29, 1.82) is 0 Å². The van der Waals surface area contributed by atoms with E-state index in [1.54, 1.807) is 26.0 Å². The van der Waals surface area contributed by atoms with Crippen molar-refractivity contribution in [1.82, 2.24) is 15.1 Å². The Kier molecular flexibility index (Phi) is 3.13. The van der Waals surface area contributed by atoms with Gasteiger partial charge in [-0.1, -0.05) is 11.2 Å². The molecule has 0 unspecified atom stereocenters. The van der Waals surface area contributed by atoms with E-state index in [9.17, 15) is 4.79 Å². The molecule has 6 nitrogen and oxygen atoms in total. The van der Waals surface area contributed by atoms with Gasteiger partial charge in [0, 0.05) is 11.4 Å². The molecule has 0 saturated heterocycles. The zero-order valence-corrected chi connectivity index (χ0v) is 12.0. The van der Waals surface area contributed by atoms with Crippen LogP contribution in [0, 0.1) is 20.8 Å². The molecule has 1 amide bonds. The molecule has 3 rings (SSSR count). The van der Waals surface area contributed by atoms with E-state index in [1.807, 2.05) is 19.1 Å². The van der Waals surface area contributed by atoms with Gasteiger partial charge in [-0.25, -0.2) is 9.97 Å². The van der Waals surface area contributed by atoms with E-state index in [0.717, 1.165) is 5.69 Å². The van der Waals surface area contributed by atoms with Gasteiger partial charge in [0.25, 0.3) is 11.6 Å². The third-order valence-corrected chi connectivity index (χ3v) is 3.12. The summed E-state index contributed by atoms with van der Waals surface area (Å²) in [6, 6.07) is 7.18. The summed E-state index contributed by atoms with van der Waals surface area (Å²) in [4.78, 5) is 21.0. The summed E-state index contributed by atoms with van der Waals surface area (Å²) in [5, 5.41) is 7.29. The van der Waals surface area contributed by atoms with E-state index in [-0.39, 0.29) is 5.91 Å². The molecule has 0 radical (unpaired) electrons. The molecule has 3 aromatic heterocycles. The number of nitrogens with zero attached hydrogens (tertiary/aromatic N) is 3. The number of anilines is 1. The van der Waals surface area contributed by atoms with Crippen LogP contribution in [0.2, 0.25) is 0 Å². The van der Waals surface area contributed by atoms with Crippen molar-refractivity contribution < 1.29 is 9.32 Å². The lowest BCUT2D eigenvalue weighted by atomic mass is 10.1. The number of rotatable bonds is 2. The van der Waals surface area contributed by atoms with E-state index in [1.165, 1.54) is 0 Å². The molecule has 0 aromatic carbocycles. The minimum Gasteiger partial charge on any atom is -0.336 e. The summed E-state index contributed by atoms with van der Waals surface area (Å²) < 4.78 is 5.13. The molecule has 1 N–H and O–H groups in total. The summed E-state index contributed by atoms with van der Waals surface area (Å²) in [6.45, 7) is 5.46. The Bertz CT molecular complexity index is 839. The topological polar surface area (TPSA) is 80.9 Å².